The van der Waals surface area contributed by atoms with E-state index in [4.69, 9.17) is 11.6 Å². The highest BCUT2D eigenvalue weighted by Crippen LogP contribution is 2.49. The Kier molecular flexibility index (Phi) is 5.86. The van der Waals surface area contributed by atoms with Crippen LogP contribution < -0.4 is 10.6 Å². The summed E-state index contributed by atoms with van der Waals surface area (Å²) < 4.78 is 0. The Hall–Kier alpha value is -3.11. The fourth-order valence-electron chi connectivity index (χ4n) is 3.69. The molecule has 5 heteroatoms. The first-order chi connectivity index (χ1) is 14.5. The smallest absolute Gasteiger partial charge is 0.255 e. The molecule has 0 saturated heterocycles. The minimum atomic E-state index is -0.168. The molecule has 0 spiro atoms. The number of halogens is 1. The van der Waals surface area contributed by atoms with E-state index in [-0.39, 0.29) is 29.7 Å². The van der Waals surface area contributed by atoms with E-state index in [0.29, 0.717) is 16.3 Å². The maximum absolute atomic E-state index is 12.7. The summed E-state index contributed by atoms with van der Waals surface area (Å²) in [5.74, 6) is 0.00635. The second-order valence-electron chi connectivity index (χ2n) is 7.65. The largest absolute Gasteiger partial charge is 0.349 e. The van der Waals surface area contributed by atoms with E-state index >= 15 is 0 Å². The molecule has 1 aliphatic rings. The molecule has 2 N–H and O–H groups in total. The van der Waals surface area contributed by atoms with Gasteiger partial charge in [0, 0.05) is 22.2 Å². The first-order valence-corrected chi connectivity index (χ1v) is 10.4. The van der Waals surface area contributed by atoms with Gasteiger partial charge in [-0.25, -0.2) is 0 Å². The van der Waals surface area contributed by atoms with Gasteiger partial charge in [0.15, 0.2) is 0 Å². The van der Waals surface area contributed by atoms with Crippen LogP contribution in [0.15, 0.2) is 78.9 Å². The fraction of sp³-hybridized carbons (Fsp3) is 0.200. The quantitative estimate of drug-likeness (QED) is 0.549. The molecule has 4 rings (SSSR count). The van der Waals surface area contributed by atoms with Crippen molar-refractivity contribution >= 4 is 29.1 Å². The predicted molar refractivity (Wildman–Crippen MR) is 120 cm³/mol. The Bertz CT molecular complexity index is 1070. The van der Waals surface area contributed by atoms with Gasteiger partial charge in [0.1, 0.15) is 0 Å². The van der Waals surface area contributed by atoms with E-state index in [1.165, 1.54) is 0 Å². The van der Waals surface area contributed by atoms with Gasteiger partial charge in [-0.2, -0.15) is 0 Å². The molecule has 3 unspecified atom stereocenters. The molecule has 0 aromatic heterocycles. The van der Waals surface area contributed by atoms with Crippen LogP contribution in [0.5, 0.6) is 0 Å². The Labute approximate surface area is 181 Å². The van der Waals surface area contributed by atoms with Crippen molar-refractivity contribution in [3.8, 4) is 0 Å². The summed E-state index contributed by atoms with van der Waals surface area (Å²) >= 11 is 6.27. The number of hydrogen-bond acceptors (Lipinski definition) is 2. The van der Waals surface area contributed by atoms with Crippen LogP contribution in [0.25, 0.3) is 0 Å². The van der Waals surface area contributed by atoms with Crippen LogP contribution in [0.2, 0.25) is 5.02 Å². The third-order valence-electron chi connectivity index (χ3n) is 5.47. The summed E-state index contributed by atoms with van der Waals surface area (Å²) in [4.78, 5) is 25.1. The molecule has 0 bridgehead atoms. The summed E-state index contributed by atoms with van der Waals surface area (Å²) in [6, 6.07) is 24.2. The average molecular weight is 419 g/mol. The van der Waals surface area contributed by atoms with Crippen molar-refractivity contribution in [2.45, 2.75) is 25.3 Å². The van der Waals surface area contributed by atoms with Crippen molar-refractivity contribution in [2.75, 3.05) is 5.32 Å². The van der Waals surface area contributed by atoms with E-state index in [2.05, 4.69) is 10.6 Å². The summed E-state index contributed by atoms with van der Waals surface area (Å²) in [6.45, 7) is 1.95. The number of carbonyl (C=O) groups is 2. The van der Waals surface area contributed by atoms with Gasteiger partial charge in [0.25, 0.3) is 5.91 Å². The molecule has 2 amide bonds. The molecule has 1 saturated carbocycles. The lowest BCUT2D eigenvalue weighted by molar-refractivity contribution is -0.123. The molecular formula is C25H23ClN2O2. The molecule has 3 aromatic rings. The topological polar surface area (TPSA) is 58.2 Å². The predicted octanol–water partition coefficient (Wildman–Crippen LogP) is 5.57. The molecule has 0 aliphatic heterocycles. The highest BCUT2D eigenvalue weighted by molar-refractivity contribution is 6.31. The van der Waals surface area contributed by atoms with Gasteiger partial charge in [-0.3, -0.25) is 9.59 Å². The number of amides is 2. The van der Waals surface area contributed by atoms with E-state index < -0.39 is 0 Å². The lowest BCUT2D eigenvalue weighted by Crippen LogP contribution is -2.28. The van der Waals surface area contributed by atoms with Crippen LogP contribution in [-0.4, -0.2) is 11.8 Å². The minimum absolute atomic E-state index is 0.0335. The summed E-state index contributed by atoms with van der Waals surface area (Å²) in [5, 5.41) is 6.72. The zero-order chi connectivity index (χ0) is 21.1. The Balaban J connectivity index is 1.38. The molecule has 152 valence electrons. The molecule has 4 nitrogen and oxygen atoms in total. The minimum Gasteiger partial charge on any atom is -0.349 e. The first-order valence-electron chi connectivity index (χ1n) is 10.0. The van der Waals surface area contributed by atoms with Crippen LogP contribution in [0.4, 0.5) is 5.69 Å². The monoisotopic (exact) mass is 418 g/mol. The zero-order valence-corrected chi connectivity index (χ0v) is 17.4. The number of anilines is 1. The van der Waals surface area contributed by atoms with Crippen LogP contribution in [-0.2, 0) is 4.79 Å². The molecular weight excluding hydrogens is 396 g/mol. The van der Waals surface area contributed by atoms with Gasteiger partial charge in [-0.15, -0.1) is 0 Å². The van der Waals surface area contributed by atoms with Crippen molar-refractivity contribution in [1.82, 2.24) is 5.32 Å². The lowest BCUT2D eigenvalue weighted by atomic mass is 10.1. The van der Waals surface area contributed by atoms with Gasteiger partial charge in [0.2, 0.25) is 5.91 Å². The lowest BCUT2D eigenvalue weighted by Gasteiger charge is -2.16. The summed E-state index contributed by atoms with van der Waals surface area (Å²) in [5.41, 5.74) is 3.27. The van der Waals surface area contributed by atoms with Crippen molar-refractivity contribution in [3.63, 3.8) is 0 Å². The van der Waals surface area contributed by atoms with Crippen LogP contribution in [0.1, 0.15) is 46.8 Å². The van der Waals surface area contributed by atoms with E-state index in [9.17, 15) is 9.59 Å². The molecule has 1 aliphatic carbocycles. The van der Waals surface area contributed by atoms with Crippen molar-refractivity contribution in [1.29, 1.82) is 0 Å². The van der Waals surface area contributed by atoms with Crippen LogP contribution in [0.3, 0.4) is 0 Å². The highest BCUT2D eigenvalue weighted by Gasteiger charge is 2.45. The molecule has 1 fully saturated rings. The fourth-order valence-corrected chi connectivity index (χ4v) is 3.96. The number of nitrogens with one attached hydrogen (secondary N) is 2. The standard InChI is InChI=1S/C25H23ClN2O2/c1-16(27-25(30)22-15-21(22)20-12-5-6-13-23(20)26)18-10-7-11-19(14-18)28-24(29)17-8-3-2-4-9-17/h2-14,16,21-22H,15H2,1H3,(H,27,30)(H,28,29). The van der Waals surface area contributed by atoms with Gasteiger partial charge in [-0.05, 0) is 60.7 Å². The van der Waals surface area contributed by atoms with E-state index in [0.717, 1.165) is 17.5 Å². The third-order valence-corrected chi connectivity index (χ3v) is 5.82. The maximum atomic E-state index is 12.7. The molecule has 0 radical (unpaired) electrons. The number of rotatable bonds is 6. The number of hydrogen-bond donors (Lipinski definition) is 2. The van der Waals surface area contributed by atoms with Gasteiger partial charge < -0.3 is 10.6 Å². The molecule has 3 atom stereocenters. The SMILES string of the molecule is CC(NC(=O)C1CC1c1ccccc1Cl)c1cccc(NC(=O)c2ccccc2)c1. The Morgan fingerprint density at radius 3 is 2.47 bits per heavy atom. The average Bonchev–Trinajstić information content (AvgIpc) is 3.56. The van der Waals surface area contributed by atoms with Gasteiger partial charge >= 0.3 is 0 Å². The third kappa shape index (κ3) is 4.55. The normalized spacial score (nSPS) is 18.3. The number of benzene rings is 3. The van der Waals surface area contributed by atoms with Crippen molar-refractivity contribution in [2.24, 2.45) is 5.92 Å². The first kappa shape index (κ1) is 20.2. The van der Waals surface area contributed by atoms with E-state index in [1.807, 2.05) is 73.7 Å². The second kappa shape index (κ2) is 8.72. The second-order valence-corrected chi connectivity index (χ2v) is 8.05. The summed E-state index contributed by atoms with van der Waals surface area (Å²) in [7, 11) is 0. The Morgan fingerprint density at radius 1 is 0.967 bits per heavy atom. The Morgan fingerprint density at radius 2 is 1.70 bits per heavy atom. The number of carbonyl (C=O) groups excluding carboxylic acids is 2. The van der Waals surface area contributed by atoms with Crippen LogP contribution in [0, 0.1) is 5.92 Å². The highest BCUT2D eigenvalue weighted by atomic mass is 35.5. The van der Waals surface area contributed by atoms with Crippen LogP contribution >= 0.6 is 11.6 Å². The molecule has 3 aromatic carbocycles. The molecule has 0 heterocycles. The summed E-state index contributed by atoms with van der Waals surface area (Å²) in [6.07, 6.45) is 0.815. The van der Waals surface area contributed by atoms with Crippen molar-refractivity contribution in [3.05, 3.63) is 101 Å². The molecule has 30 heavy (non-hydrogen) atoms. The van der Waals surface area contributed by atoms with Gasteiger partial charge in [-0.1, -0.05) is 60.1 Å². The maximum Gasteiger partial charge on any atom is 0.255 e. The van der Waals surface area contributed by atoms with E-state index in [1.54, 1.807) is 12.1 Å². The van der Waals surface area contributed by atoms with Gasteiger partial charge in [0.05, 0.1) is 6.04 Å². The van der Waals surface area contributed by atoms with Crippen molar-refractivity contribution < 1.29 is 9.59 Å². The zero-order valence-electron chi connectivity index (χ0n) is 16.6.